The minimum Gasteiger partial charge on any atom is -0.336 e. The Kier molecular flexibility index (Phi) is 5.48. The van der Waals surface area contributed by atoms with Gasteiger partial charge in [0.1, 0.15) is 0 Å². The number of rotatable bonds is 3. The fourth-order valence-corrected chi connectivity index (χ4v) is 3.89. The summed E-state index contributed by atoms with van der Waals surface area (Å²) < 4.78 is 1.95. The first-order valence-electron chi connectivity index (χ1n) is 9.69. The summed E-state index contributed by atoms with van der Waals surface area (Å²) in [7, 11) is 0. The Morgan fingerprint density at radius 2 is 1.75 bits per heavy atom. The van der Waals surface area contributed by atoms with Gasteiger partial charge in [0.2, 0.25) is 5.91 Å². The minimum absolute atomic E-state index is 0.0411. The normalized spacial score (nSPS) is 17.0. The molecule has 0 saturated carbocycles. The number of hydrogen-bond acceptors (Lipinski definition) is 3. The van der Waals surface area contributed by atoms with Gasteiger partial charge in [0.25, 0.3) is 5.91 Å². The van der Waals surface area contributed by atoms with Crippen LogP contribution in [0.3, 0.4) is 0 Å². The molecule has 0 radical (unpaired) electrons. The van der Waals surface area contributed by atoms with Gasteiger partial charge in [-0.2, -0.15) is 5.10 Å². The quantitative estimate of drug-likeness (QED) is 0.747. The number of halogens is 1. The molecule has 0 atom stereocenters. The Morgan fingerprint density at radius 3 is 2.50 bits per heavy atom. The Hall–Kier alpha value is -2.60. The van der Waals surface area contributed by atoms with Crippen LogP contribution in [0.4, 0.5) is 0 Å². The van der Waals surface area contributed by atoms with E-state index in [1.54, 1.807) is 28.0 Å². The Bertz CT molecular complexity index is 889. The van der Waals surface area contributed by atoms with Gasteiger partial charge in [-0.05, 0) is 43.0 Å². The van der Waals surface area contributed by atoms with Crippen LogP contribution in [0.25, 0.3) is 6.08 Å². The van der Waals surface area contributed by atoms with Crippen molar-refractivity contribution in [3.63, 3.8) is 0 Å². The fourth-order valence-electron chi connectivity index (χ4n) is 3.69. The van der Waals surface area contributed by atoms with E-state index in [2.05, 4.69) is 5.10 Å². The number of fused-ring (bicyclic) bond motifs is 1. The number of aryl methyl sites for hydroxylation is 2. The summed E-state index contributed by atoms with van der Waals surface area (Å²) in [6.07, 6.45) is 6.53. The average molecular weight is 399 g/mol. The summed E-state index contributed by atoms with van der Waals surface area (Å²) in [5.41, 5.74) is 2.48. The maximum Gasteiger partial charge on any atom is 0.274 e. The highest BCUT2D eigenvalue weighted by Crippen LogP contribution is 2.18. The number of carbonyl (C=O) groups is 2. The lowest BCUT2D eigenvalue weighted by atomic mass is 10.1. The molecule has 1 aromatic heterocycles. The van der Waals surface area contributed by atoms with E-state index in [0.29, 0.717) is 36.9 Å². The number of aromatic nitrogens is 2. The van der Waals surface area contributed by atoms with Crippen molar-refractivity contribution in [1.82, 2.24) is 19.6 Å². The van der Waals surface area contributed by atoms with Gasteiger partial charge in [-0.3, -0.25) is 14.3 Å². The van der Waals surface area contributed by atoms with Crippen LogP contribution < -0.4 is 0 Å². The molecule has 2 amide bonds. The highest BCUT2D eigenvalue weighted by Gasteiger charge is 2.26. The zero-order chi connectivity index (χ0) is 19.5. The third-order valence-electron chi connectivity index (χ3n) is 5.32. The molecule has 1 fully saturated rings. The number of nitrogens with zero attached hydrogens (tertiary/aromatic N) is 4. The molecule has 3 heterocycles. The van der Waals surface area contributed by atoms with Gasteiger partial charge in [0.05, 0.1) is 0 Å². The molecular formula is C21H23ClN4O2. The lowest BCUT2D eigenvalue weighted by molar-refractivity contribution is -0.127. The number of carbonyl (C=O) groups excluding carboxylic acids is 2. The van der Waals surface area contributed by atoms with Crippen LogP contribution in [0.5, 0.6) is 0 Å². The lowest BCUT2D eigenvalue weighted by Crippen LogP contribution is -2.50. The molecule has 1 aromatic carbocycles. The third kappa shape index (κ3) is 3.97. The Labute approximate surface area is 169 Å². The SMILES string of the molecule is O=C(/C=C/c1ccccc1Cl)N1CCN(C(=O)c2cc3n(n2)CCCC3)CC1. The van der Waals surface area contributed by atoms with Crippen LogP contribution in [0.1, 0.15) is 34.6 Å². The van der Waals surface area contributed by atoms with E-state index in [1.165, 1.54) is 0 Å². The number of hydrogen-bond donors (Lipinski definition) is 0. The number of benzene rings is 1. The second-order valence-corrected chi connectivity index (χ2v) is 7.58. The first-order chi connectivity index (χ1) is 13.6. The highest BCUT2D eigenvalue weighted by molar-refractivity contribution is 6.32. The van der Waals surface area contributed by atoms with E-state index in [4.69, 9.17) is 11.6 Å². The van der Waals surface area contributed by atoms with Crippen molar-refractivity contribution in [2.75, 3.05) is 26.2 Å². The standard InChI is InChI=1S/C21H23ClN4O2/c22-18-7-2-1-5-16(18)8-9-20(27)24-11-13-25(14-12-24)21(28)19-15-17-6-3-4-10-26(17)23-19/h1-2,5,7-9,15H,3-4,6,10-14H2/b9-8+. The molecule has 0 aliphatic carbocycles. The second-order valence-electron chi connectivity index (χ2n) is 7.17. The van der Waals surface area contributed by atoms with Gasteiger partial charge >= 0.3 is 0 Å². The Balaban J connectivity index is 1.34. The van der Waals surface area contributed by atoms with Crippen LogP contribution >= 0.6 is 11.6 Å². The molecule has 0 bridgehead atoms. The largest absolute Gasteiger partial charge is 0.336 e. The van der Waals surface area contributed by atoms with Gasteiger partial charge in [-0.15, -0.1) is 0 Å². The average Bonchev–Trinajstić information content (AvgIpc) is 3.17. The van der Waals surface area contributed by atoms with E-state index < -0.39 is 0 Å². The van der Waals surface area contributed by atoms with Crippen molar-refractivity contribution in [2.24, 2.45) is 0 Å². The van der Waals surface area contributed by atoms with Crippen molar-refractivity contribution in [3.8, 4) is 0 Å². The monoisotopic (exact) mass is 398 g/mol. The van der Waals surface area contributed by atoms with Gasteiger partial charge in [-0.1, -0.05) is 29.8 Å². The van der Waals surface area contributed by atoms with Crippen molar-refractivity contribution >= 4 is 29.5 Å². The van der Waals surface area contributed by atoms with E-state index in [0.717, 1.165) is 37.1 Å². The molecular weight excluding hydrogens is 376 g/mol. The molecule has 0 spiro atoms. The molecule has 0 N–H and O–H groups in total. The first kappa shape index (κ1) is 18.7. The zero-order valence-electron chi connectivity index (χ0n) is 15.7. The molecule has 146 valence electrons. The summed E-state index contributed by atoms with van der Waals surface area (Å²) in [4.78, 5) is 28.7. The van der Waals surface area contributed by atoms with E-state index >= 15 is 0 Å². The van der Waals surface area contributed by atoms with Crippen LogP contribution in [-0.2, 0) is 17.8 Å². The van der Waals surface area contributed by atoms with E-state index in [1.807, 2.05) is 28.9 Å². The maximum absolute atomic E-state index is 12.8. The topological polar surface area (TPSA) is 58.4 Å². The summed E-state index contributed by atoms with van der Waals surface area (Å²) in [6.45, 7) is 2.97. The van der Waals surface area contributed by atoms with Crippen LogP contribution in [0, 0.1) is 0 Å². The first-order valence-corrected chi connectivity index (χ1v) is 10.1. The number of amides is 2. The van der Waals surface area contributed by atoms with Crippen molar-refractivity contribution < 1.29 is 9.59 Å². The lowest BCUT2D eigenvalue weighted by Gasteiger charge is -2.33. The third-order valence-corrected chi connectivity index (χ3v) is 5.67. The van der Waals surface area contributed by atoms with Crippen molar-refractivity contribution in [3.05, 3.63) is 58.4 Å². The van der Waals surface area contributed by atoms with Gasteiger partial charge in [0.15, 0.2) is 5.69 Å². The van der Waals surface area contributed by atoms with Gasteiger partial charge < -0.3 is 9.80 Å². The summed E-state index contributed by atoms with van der Waals surface area (Å²) in [6, 6.07) is 9.32. The smallest absolute Gasteiger partial charge is 0.274 e. The van der Waals surface area contributed by atoms with Crippen LogP contribution in [0.15, 0.2) is 36.4 Å². The number of piperazine rings is 1. The summed E-state index contributed by atoms with van der Waals surface area (Å²) in [5, 5.41) is 5.09. The van der Waals surface area contributed by atoms with Gasteiger partial charge in [-0.25, -0.2) is 0 Å². The van der Waals surface area contributed by atoms with Crippen LogP contribution in [-0.4, -0.2) is 57.6 Å². The molecule has 1 saturated heterocycles. The summed E-state index contributed by atoms with van der Waals surface area (Å²) in [5.74, 6) is -0.106. The maximum atomic E-state index is 12.8. The molecule has 4 rings (SSSR count). The predicted octanol–water partition coefficient (Wildman–Crippen LogP) is 2.87. The van der Waals surface area contributed by atoms with Crippen molar-refractivity contribution in [1.29, 1.82) is 0 Å². The molecule has 6 nitrogen and oxygen atoms in total. The fraction of sp³-hybridized carbons (Fsp3) is 0.381. The van der Waals surface area contributed by atoms with E-state index in [9.17, 15) is 9.59 Å². The molecule has 2 aliphatic rings. The van der Waals surface area contributed by atoms with Crippen molar-refractivity contribution in [2.45, 2.75) is 25.8 Å². The van der Waals surface area contributed by atoms with Gasteiger partial charge in [0, 0.05) is 49.5 Å². The Morgan fingerprint density at radius 1 is 1.00 bits per heavy atom. The highest BCUT2D eigenvalue weighted by atomic mass is 35.5. The minimum atomic E-state index is -0.0653. The molecule has 28 heavy (non-hydrogen) atoms. The molecule has 2 aromatic rings. The van der Waals surface area contributed by atoms with E-state index in [-0.39, 0.29) is 11.8 Å². The van der Waals surface area contributed by atoms with Crippen LogP contribution in [0.2, 0.25) is 5.02 Å². The molecule has 0 unspecified atom stereocenters. The zero-order valence-corrected chi connectivity index (χ0v) is 16.4. The summed E-state index contributed by atoms with van der Waals surface area (Å²) >= 11 is 6.12. The molecule has 7 heteroatoms. The molecule has 2 aliphatic heterocycles. The second kappa shape index (κ2) is 8.19. The predicted molar refractivity (Wildman–Crippen MR) is 108 cm³/mol.